The molecule has 4 rings (SSSR count). The molecule has 2 N–H and O–H groups in total. The first kappa shape index (κ1) is 16.3. The molecule has 1 fully saturated rings. The van der Waals surface area contributed by atoms with Crippen LogP contribution in [0.25, 0.3) is 10.8 Å². The summed E-state index contributed by atoms with van der Waals surface area (Å²) in [6, 6.07) is 14.7. The number of nitro groups is 1. The molecular weight excluding hydrogens is 330 g/mol. The van der Waals surface area contributed by atoms with E-state index >= 15 is 0 Å². The number of hydrogen-bond acceptors (Lipinski definition) is 6. The summed E-state index contributed by atoms with van der Waals surface area (Å²) in [5.74, 6) is 0.653. The van der Waals surface area contributed by atoms with Crippen LogP contribution >= 0.6 is 0 Å². The molecule has 7 heteroatoms. The highest BCUT2D eigenvalue weighted by Crippen LogP contribution is 2.30. The van der Waals surface area contributed by atoms with E-state index in [0.717, 1.165) is 18.4 Å². The lowest BCUT2D eigenvalue weighted by Gasteiger charge is -2.15. The second-order valence-corrected chi connectivity index (χ2v) is 6.58. The van der Waals surface area contributed by atoms with E-state index in [9.17, 15) is 10.1 Å². The molecule has 0 radical (unpaired) electrons. The quantitative estimate of drug-likeness (QED) is 0.509. The first-order valence-corrected chi connectivity index (χ1v) is 8.63. The smallest absolute Gasteiger partial charge is 0.329 e. The molecule has 2 aromatic carbocycles. The van der Waals surface area contributed by atoms with Crippen molar-refractivity contribution in [2.24, 2.45) is 0 Å². The predicted molar refractivity (Wildman–Crippen MR) is 101 cm³/mol. The molecule has 1 aromatic heterocycles. The van der Waals surface area contributed by atoms with E-state index in [1.807, 2.05) is 19.1 Å². The maximum atomic E-state index is 11.2. The SMILES string of the molecule is CC(Nc1ncc([N+](=O)[O-])c(NC2CC2)n1)c1ccc2ccccc2c1. The summed E-state index contributed by atoms with van der Waals surface area (Å²) in [7, 11) is 0. The second kappa shape index (κ2) is 6.59. The van der Waals surface area contributed by atoms with E-state index in [1.54, 1.807) is 0 Å². The highest BCUT2D eigenvalue weighted by atomic mass is 16.6. The number of nitrogens with one attached hydrogen (secondary N) is 2. The van der Waals surface area contributed by atoms with E-state index in [1.165, 1.54) is 17.0 Å². The van der Waals surface area contributed by atoms with Crippen molar-refractivity contribution in [3.8, 4) is 0 Å². The Hall–Kier alpha value is -3.22. The van der Waals surface area contributed by atoms with Gasteiger partial charge < -0.3 is 10.6 Å². The molecule has 0 aliphatic heterocycles. The third-order valence-corrected chi connectivity index (χ3v) is 4.50. The fourth-order valence-corrected chi connectivity index (χ4v) is 2.86. The maximum Gasteiger partial charge on any atom is 0.329 e. The van der Waals surface area contributed by atoms with Crippen LogP contribution in [0.3, 0.4) is 0 Å². The van der Waals surface area contributed by atoms with Crippen molar-refractivity contribution in [1.29, 1.82) is 0 Å². The molecule has 1 saturated carbocycles. The topological polar surface area (TPSA) is 93.0 Å². The zero-order valence-electron chi connectivity index (χ0n) is 14.3. The maximum absolute atomic E-state index is 11.2. The average molecular weight is 349 g/mol. The third-order valence-electron chi connectivity index (χ3n) is 4.50. The summed E-state index contributed by atoms with van der Waals surface area (Å²) in [5.41, 5.74) is 1.00. The van der Waals surface area contributed by atoms with E-state index in [4.69, 9.17) is 0 Å². The molecule has 3 aromatic rings. The van der Waals surface area contributed by atoms with Gasteiger partial charge in [0, 0.05) is 6.04 Å². The van der Waals surface area contributed by atoms with Crippen molar-refractivity contribution in [2.75, 3.05) is 10.6 Å². The van der Waals surface area contributed by atoms with Gasteiger partial charge in [-0.3, -0.25) is 10.1 Å². The molecule has 1 heterocycles. The van der Waals surface area contributed by atoms with Gasteiger partial charge in [-0.1, -0.05) is 36.4 Å². The summed E-state index contributed by atoms with van der Waals surface area (Å²) in [6.45, 7) is 2.02. The van der Waals surface area contributed by atoms with Gasteiger partial charge in [0.1, 0.15) is 6.20 Å². The van der Waals surface area contributed by atoms with E-state index in [-0.39, 0.29) is 23.6 Å². The van der Waals surface area contributed by atoms with Crippen LogP contribution < -0.4 is 10.6 Å². The zero-order valence-corrected chi connectivity index (χ0v) is 14.3. The van der Waals surface area contributed by atoms with Crippen LogP contribution in [0.2, 0.25) is 0 Å². The molecule has 7 nitrogen and oxygen atoms in total. The van der Waals surface area contributed by atoms with Crippen LogP contribution in [0.5, 0.6) is 0 Å². The average Bonchev–Trinajstić information content (AvgIpc) is 3.45. The molecule has 132 valence electrons. The molecule has 1 atom stereocenters. The first-order valence-electron chi connectivity index (χ1n) is 8.63. The molecule has 1 unspecified atom stereocenters. The molecule has 1 aliphatic carbocycles. The summed E-state index contributed by atoms with van der Waals surface area (Å²) >= 11 is 0. The van der Waals surface area contributed by atoms with Gasteiger partial charge in [-0.25, -0.2) is 4.98 Å². The molecule has 0 spiro atoms. The van der Waals surface area contributed by atoms with Crippen LogP contribution in [0.1, 0.15) is 31.4 Å². The molecule has 0 bridgehead atoms. The fraction of sp³-hybridized carbons (Fsp3) is 0.263. The van der Waals surface area contributed by atoms with Crippen molar-refractivity contribution >= 4 is 28.2 Å². The molecule has 26 heavy (non-hydrogen) atoms. The lowest BCUT2D eigenvalue weighted by atomic mass is 10.0. The number of anilines is 2. The minimum absolute atomic E-state index is 0.0326. The van der Waals surface area contributed by atoms with Gasteiger partial charge in [-0.05, 0) is 42.2 Å². The Labute approximate surface area is 150 Å². The minimum Gasteiger partial charge on any atom is -0.361 e. The van der Waals surface area contributed by atoms with Crippen LogP contribution in [0.15, 0.2) is 48.7 Å². The van der Waals surface area contributed by atoms with Crippen molar-refractivity contribution in [2.45, 2.75) is 31.8 Å². The summed E-state index contributed by atoms with van der Waals surface area (Å²) in [6.07, 6.45) is 3.28. The lowest BCUT2D eigenvalue weighted by molar-refractivity contribution is -0.384. The summed E-state index contributed by atoms with van der Waals surface area (Å²) in [5, 5.41) is 19.9. The van der Waals surface area contributed by atoms with E-state index < -0.39 is 4.92 Å². The standard InChI is InChI=1S/C19H19N5O2/c1-12(14-7-6-13-4-2-3-5-15(13)10-14)21-19-20-11-17(24(25)26)18(23-19)22-16-8-9-16/h2-7,10-12,16H,8-9H2,1H3,(H2,20,21,22,23). The van der Waals surface area contributed by atoms with Crippen molar-refractivity contribution in [3.05, 3.63) is 64.3 Å². The largest absolute Gasteiger partial charge is 0.361 e. The van der Waals surface area contributed by atoms with Gasteiger partial charge in [0.25, 0.3) is 0 Å². The summed E-state index contributed by atoms with van der Waals surface area (Å²) < 4.78 is 0. The highest BCUT2D eigenvalue weighted by molar-refractivity contribution is 5.83. The van der Waals surface area contributed by atoms with Crippen molar-refractivity contribution in [1.82, 2.24) is 9.97 Å². The predicted octanol–water partition coefficient (Wildman–Crippen LogP) is 4.29. The van der Waals surface area contributed by atoms with Gasteiger partial charge in [-0.15, -0.1) is 0 Å². The van der Waals surface area contributed by atoms with Crippen LogP contribution in [0.4, 0.5) is 17.5 Å². The van der Waals surface area contributed by atoms with Gasteiger partial charge in [-0.2, -0.15) is 4.98 Å². The number of aromatic nitrogens is 2. The Morgan fingerprint density at radius 1 is 1.19 bits per heavy atom. The number of hydrogen-bond donors (Lipinski definition) is 2. The first-order chi connectivity index (χ1) is 12.6. The van der Waals surface area contributed by atoms with Gasteiger partial charge in [0.15, 0.2) is 0 Å². The van der Waals surface area contributed by atoms with Gasteiger partial charge in [0.05, 0.1) is 11.0 Å². The number of nitrogens with zero attached hydrogens (tertiary/aromatic N) is 3. The minimum atomic E-state index is -0.457. The Balaban J connectivity index is 1.57. The normalized spacial score (nSPS) is 14.8. The van der Waals surface area contributed by atoms with Crippen LogP contribution in [0, 0.1) is 10.1 Å². The molecule has 0 amide bonds. The highest BCUT2D eigenvalue weighted by Gasteiger charge is 2.26. The van der Waals surface area contributed by atoms with Crippen molar-refractivity contribution in [3.63, 3.8) is 0 Å². The van der Waals surface area contributed by atoms with Crippen LogP contribution in [-0.2, 0) is 0 Å². The monoisotopic (exact) mass is 349 g/mol. The Morgan fingerprint density at radius 2 is 1.96 bits per heavy atom. The Kier molecular flexibility index (Phi) is 4.12. The zero-order chi connectivity index (χ0) is 18.1. The molecule has 0 saturated heterocycles. The Morgan fingerprint density at radius 3 is 2.69 bits per heavy atom. The van der Waals surface area contributed by atoms with Gasteiger partial charge in [0.2, 0.25) is 11.8 Å². The molecule has 1 aliphatic rings. The van der Waals surface area contributed by atoms with Crippen molar-refractivity contribution < 1.29 is 4.92 Å². The number of benzene rings is 2. The number of fused-ring (bicyclic) bond motifs is 1. The fourth-order valence-electron chi connectivity index (χ4n) is 2.86. The molecular formula is C19H19N5O2. The Bertz CT molecular complexity index is 971. The number of rotatable bonds is 6. The van der Waals surface area contributed by atoms with Gasteiger partial charge >= 0.3 is 5.69 Å². The van der Waals surface area contributed by atoms with E-state index in [0.29, 0.717) is 5.95 Å². The third kappa shape index (κ3) is 3.42. The van der Waals surface area contributed by atoms with Crippen LogP contribution in [-0.4, -0.2) is 20.9 Å². The summed E-state index contributed by atoms with van der Waals surface area (Å²) in [4.78, 5) is 19.2. The van der Waals surface area contributed by atoms with E-state index in [2.05, 4.69) is 50.9 Å². The lowest BCUT2D eigenvalue weighted by Crippen LogP contribution is -2.12. The second-order valence-electron chi connectivity index (χ2n) is 6.58.